The van der Waals surface area contributed by atoms with Gasteiger partial charge in [-0.3, -0.25) is 15.1 Å². The molecule has 1 aromatic heterocycles. The number of aryl methyl sites for hydroxylation is 1. The average Bonchev–Trinajstić information content (AvgIpc) is 2.79. The molecule has 19 heavy (non-hydrogen) atoms. The lowest BCUT2D eigenvalue weighted by Gasteiger charge is -2.33. The molecule has 6 heteroatoms. The summed E-state index contributed by atoms with van der Waals surface area (Å²) < 4.78 is 5.58. The van der Waals surface area contributed by atoms with E-state index in [1.807, 2.05) is 13.0 Å². The molecule has 0 unspecified atom stereocenters. The van der Waals surface area contributed by atoms with E-state index in [-0.39, 0.29) is 5.91 Å². The number of hydrogen-bond acceptors (Lipinski definition) is 5. The summed E-state index contributed by atoms with van der Waals surface area (Å²) in [7, 11) is 0. The highest BCUT2D eigenvalue weighted by molar-refractivity contribution is 5.92. The van der Waals surface area contributed by atoms with Crippen LogP contribution in [0.3, 0.4) is 0 Å². The van der Waals surface area contributed by atoms with Gasteiger partial charge in [-0.1, -0.05) is 6.92 Å². The number of hydrogen-bond donors (Lipinski definition) is 2. The lowest BCUT2D eigenvalue weighted by Crippen LogP contribution is -2.45. The molecule has 1 aliphatic heterocycles. The van der Waals surface area contributed by atoms with Gasteiger partial charge in [0.2, 0.25) is 0 Å². The Balaban J connectivity index is 1.95. The zero-order valence-electron chi connectivity index (χ0n) is 11.6. The molecule has 0 aliphatic carbocycles. The molecule has 0 bridgehead atoms. The minimum atomic E-state index is -0.375. The highest BCUT2D eigenvalue weighted by Gasteiger charge is 2.19. The van der Waals surface area contributed by atoms with Crippen LogP contribution in [0.1, 0.15) is 28.8 Å². The van der Waals surface area contributed by atoms with E-state index >= 15 is 0 Å². The average molecular weight is 266 g/mol. The molecular formula is C13H22N4O2. The highest BCUT2D eigenvalue weighted by Crippen LogP contribution is 2.17. The number of nitrogens with two attached hydrogens (primary N) is 1. The number of piperazine rings is 1. The van der Waals surface area contributed by atoms with Crippen molar-refractivity contribution in [1.82, 2.24) is 15.2 Å². The molecule has 2 rings (SSSR count). The third kappa shape index (κ3) is 3.34. The van der Waals surface area contributed by atoms with Crippen molar-refractivity contribution >= 4 is 5.91 Å². The van der Waals surface area contributed by atoms with Gasteiger partial charge in [0.1, 0.15) is 5.76 Å². The van der Waals surface area contributed by atoms with Gasteiger partial charge in [-0.25, -0.2) is 5.84 Å². The van der Waals surface area contributed by atoms with Crippen molar-refractivity contribution in [2.45, 2.75) is 20.4 Å². The summed E-state index contributed by atoms with van der Waals surface area (Å²) in [6.07, 6.45) is 0. The van der Waals surface area contributed by atoms with E-state index < -0.39 is 0 Å². The predicted octanol–water partition coefficient (Wildman–Crippen LogP) is 0.329. The largest absolute Gasteiger partial charge is 0.454 e. The maximum Gasteiger partial charge on any atom is 0.301 e. The van der Waals surface area contributed by atoms with Crippen molar-refractivity contribution < 1.29 is 9.21 Å². The Morgan fingerprint density at radius 1 is 1.37 bits per heavy atom. The lowest BCUT2D eigenvalue weighted by molar-refractivity contribution is 0.0916. The second-order valence-corrected chi connectivity index (χ2v) is 4.91. The van der Waals surface area contributed by atoms with Gasteiger partial charge in [0.25, 0.3) is 0 Å². The van der Waals surface area contributed by atoms with Gasteiger partial charge in [0.05, 0.1) is 6.54 Å². The van der Waals surface area contributed by atoms with Gasteiger partial charge in [-0.15, -0.1) is 0 Å². The first-order valence-electron chi connectivity index (χ1n) is 6.69. The molecule has 6 nitrogen and oxygen atoms in total. The molecule has 0 radical (unpaired) electrons. The quantitative estimate of drug-likeness (QED) is 0.467. The summed E-state index contributed by atoms with van der Waals surface area (Å²) in [5, 5.41) is 0. The summed E-state index contributed by atoms with van der Waals surface area (Å²) in [5.41, 5.74) is 2.92. The molecule has 0 spiro atoms. The number of hydrazine groups is 1. The van der Waals surface area contributed by atoms with E-state index in [9.17, 15) is 4.79 Å². The standard InChI is InChI=1S/C13H22N4O2/c1-3-16-4-6-17(7-5-16)9-11-8-10(2)12(19-11)13(18)15-14/h8H,3-7,9,14H2,1-2H3,(H,15,18). The molecule has 1 fully saturated rings. The molecule has 3 N–H and O–H groups in total. The Kier molecular flexibility index (Phi) is 4.57. The van der Waals surface area contributed by atoms with Crippen LogP contribution in [0.5, 0.6) is 0 Å². The first-order valence-corrected chi connectivity index (χ1v) is 6.69. The minimum absolute atomic E-state index is 0.310. The number of rotatable bonds is 4. The van der Waals surface area contributed by atoms with E-state index in [0.717, 1.165) is 50.6 Å². The van der Waals surface area contributed by atoms with Crippen LogP contribution in [0.25, 0.3) is 0 Å². The number of nitrogen functional groups attached to an aromatic ring is 1. The Morgan fingerprint density at radius 2 is 2.00 bits per heavy atom. The second kappa shape index (κ2) is 6.18. The summed E-state index contributed by atoms with van der Waals surface area (Å²) in [6.45, 7) is 10.1. The van der Waals surface area contributed by atoms with E-state index in [2.05, 4.69) is 22.1 Å². The van der Waals surface area contributed by atoms with Crippen LogP contribution in [-0.2, 0) is 6.54 Å². The van der Waals surface area contributed by atoms with Crippen LogP contribution in [0.2, 0.25) is 0 Å². The molecule has 1 amide bonds. The fourth-order valence-corrected chi connectivity index (χ4v) is 2.40. The summed E-state index contributed by atoms with van der Waals surface area (Å²) >= 11 is 0. The molecule has 1 aromatic rings. The lowest BCUT2D eigenvalue weighted by atomic mass is 10.2. The SMILES string of the molecule is CCN1CCN(Cc2cc(C)c(C(=O)NN)o2)CC1. The molecule has 0 aromatic carbocycles. The molecule has 106 valence electrons. The monoisotopic (exact) mass is 266 g/mol. The van der Waals surface area contributed by atoms with E-state index in [4.69, 9.17) is 10.3 Å². The first-order chi connectivity index (χ1) is 9.13. The second-order valence-electron chi connectivity index (χ2n) is 4.91. The molecular weight excluding hydrogens is 244 g/mol. The van der Waals surface area contributed by atoms with Gasteiger partial charge >= 0.3 is 5.91 Å². The van der Waals surface area contributed by atoms with Gasteiger partial charge in [0, 0.05) is 31.7 Å². The Hall–Kier alpha value is -1.37. The zero-order chi connectivity index (χ0) is 13.8. The van der Waals surface area contributed by atoms with Crippen molar-refractivity contribution in [3.8, 4) is 0 Å². The van der Waals surface area contributed by atoms with Gasteiger partial charge in [0.15, 0.2) is 5.76 Å². The number of furan rings is 1. The molecule has 1 aliphatic rings. The number of nitrogens with zero attached hydrogens (tertiary/aromatic N) is 2. The molecule has 0 saturated carbocycles. The zero-order valence-corrected chi connectivity index (χ0v) is 11.6. The Morgan fingerprint density at radius 3 is 2.58 bits per heavy atom. The third-order valence-corrected chi connectivity index (χ3v) is 3.60. The normalized spacial score (nSPS) is 17.6. The topological polar surface area (TPSA) is 74.7 Å². The van der Waals surface area contributed by atoms with Crippen LogP contribution in [0.15, 0.2) is 10.5 Å². The Bertz CT molecular complexity index is 436. The van der Waals surface area contributed by atoms with Crippen LogP contribution >= 0.6 is 0 Å². The molecule has 1 saturated heterocycles. The third-order valence-electron chi connectivity index (χ3n) is 3.60. The highest BCUT2D eigenvalue weighted by atomic mass is 16.4. The molecule has 0 atom stereocenters. The van der Waals surface area contributed by atoms with Crippen LogP contribution in [-0.4, -0.2) is 48.4 Å². The van der Waals surface area contributed by atoms with Crippen molar-refractivity contribution in [3.63, 3.8) is 0 Å². The number of carbonyl (C=O) groups is 1. The number of likely N-dealkylation sites (N-methyl/N-ethyl adjacent to an activating group) is 1. The minimum Gasteiger partial charge on any atom is -0.454 e. The smallest absolute Gasteiger partial charge is 0.301 e. The Labute approximate surface area is 113 Å². The number of nitrogens with one attached hydrogen (secondary N) is 1. The summed E-state index contributed by atoms with van der Waals surface area (Å²) in [4.78, 5) is 16.2. The van der Waals surface area contributed by atoms with Crippen molar-refractivity contribution in [2.24, 2.45) is 5.84 Å². The van der Waals surface area contributed by atoms with Crippen molar-refractivity contribution in [3.05, 3.63) is 23.2 Å². The van der Waals surface area contributed by atoms with Crippen molar-refractivity contribution in [1.29, 1.82) is 0 Å². The first kappa shape index (κ1) is 14.0. The van der Waals surface area contributed by atoms with E-state index in [1.54, 1.807) is 0 Å². The maximum absolute atomic E-state index is 11.5. The predicted molar refractivity (Wildman–Crippen MR) is 72.5 cm³/mol. The fraction of sp³-hybridized carbons (Fsp3) is 0.615. The summed E-state index contributed by atoms with van der Waals surface area (Å²) in [6, 6.07) is 1.91. The maximum atomic E-state index is 11.5. The van der Waals surface area contributed by atoms with Crippen LogP contribution < -0.4 is 11.3 Å². The van der Waals surface area contributed by atoms with Gasteiger partial charge in [-0.05, 0) is 19.5 Å². The van der Waals surface area contributed by atoms with Crippen molar-refractivity contribution in [2.75, 3.05) is 32.7 Å². The van der Waals surface area contributed by atoms with Crippen LogP contribution in [0, 0.1) is 6.92 Å². The van der Waals surface area contributed by atoms with Crippen LogP contribution in [0.4, 0.5) is 0 Å². The summed E-state index contributed by atoms with van der Waals surface area (Å²) in [5.74, 6) is 5.88. The van der Waals surface area contributed by atoms with Gasteiger partial charge in [-0.2, -0.15) is 0 Å². The number of amides is 1. The molecule has 2 heterocycles. The van der Waals surface area contributed by atoms with Gasteiger partial charge < -0.3 is 9.32 Å². The van der Waals surface area contributed by atoms with E-state index in [0.29, 0.717) is 5.76 Å². The fourth-order valence-electron chi connectivity index (χ4n) is 2.40. The number of carbonyl (C=O) groups excluding carboxylic acids is 1. The van der Waals surface area contributed by atoms with E-state index in [1.165, 1.54) is 0 Å².